The standard InChI is InChI=1S/C14H18N4O3S/c1-21-8-5-13-11-17(10-12-4-7-16-18(12)13)22(19,20)14-3-2-6-15-9-14/h2-4,6-7,9,13H,5,8,10-11H2,1H3/t13-/m0/s1. The van der Waals surface area contributed by atoms with E-state index < -0.39 is 10.0 Å². The number of nitrogens with zero attached hydrogens (tertiary/aromatic N) is 4. The zero-order chi connectivity index (χ0) is 15.6. The number of hydrogen-bond acceptors (Lipinski definition) is 5. The van der Waals surface area contributed by atoms with Crippen LogP contribution in [0.5, 0.6) is 0 Å². The first-order chi connectivity index (χ1) is 10.6. The second-order valence-corrected chi connectivity index (χ2v) is 7.13. The summed E-state index contributed by atoms with van der Waals surface area (Å²) in [5, 5.41) is 4.31. The summed E-state index contributed by atoms with van der Waals surface area (Å²) in [5.74, 6) is 0. The predicted octanol–water partition coefficient (Wildman–Crippen LogP) is 1.06. The average molecular weight is 322 g/mol. The van der Waals surface area contributed by atoms with Gasteiger partial charge in [-0.3, -0.25) is 9.67 Å². The molecule has 2 aromatic heterocycles. The van der Waals surface area contributed by atoms with Crippen LogP contribution in [0.4, 0.5) is 0 Å². The molecule has 0 amide bonds. The molecule has 0 aliphatic carbocycles. The van der Waals surface area contributed by atoms with Crippen LogP contribution in [-0.2, 0) is 21.3 Å². The number of sulfonamides is 1. The molecule has 8 heteroatoms. The lowest BCUT2D eigenvalue weighted by Crippen LogP contribution is -2.41. The van der Waals surface area contributed by atoms with E-state index in [2.05, 4.69) is 10.1 Å². The van der Waals surface area contributed by atoms with Crippen LogP contribution in [0.2, 0.25) is 0 Å². The Kier molecular flexibility index (Phi) is 4.23. The minimum atomic E-state index is -3.55. The maximum Gasteiger partial charge on any atom is 0.245 e. The summed E-state index contributed by atoms with van der Waals surface area (Å²) in [7, 11) is -1.92. The second kappa shape index (κ2) is 6.15. The Morgan fingerprint density at radius 3 is 2.95 bits per heavy atom. The lowest BCUT2D eigenvalue weighted by molar-refractivity contribution is 0.157. The predicted molar refractivity (Wildman–Crippen MR) is 79.6 cm³/mol. The van der Waals surface area contributed by atoms with Gasteiger partial charge in [-0.25, -0.2) is 8.42 Å². The maximum atomic E-state index is 12.8. The number of fused-ring (bicyclic) bond motifs is 1. The highest BCUT2D eigenvalue weighted by molar-refractivity contribution is 7.89. The van der Waals surface area contributed by atoms with Crippen molar-refractivity contribution < 1.29 is 13.2 Å². The van der Waals surface area contributed by atoms with E-state index in [1.807, 2.05) is 10.7 Å². The van der Waals surface area contributed by atoms with E-state index in [0.717, 1.165) is 5.69 Å². The van der Waals surface area contributed by atoms with Crippen molar-refractivity contribution in [2.75, 3.05) is 20.3 Å². The van der Waals surface area contributed by atoms with E-state index in [1.54, 1.807) is 31.6 Å². The number of methoxy groups -OCH3 is 1. The monoisotopic (exact) mass is 322 g/mol. The lowest BCUT2D eigenvalue weighted by atomic mass is 10.1. The van der Waals surface area contributed by atoms with Gasteiger partial charge in [0.1, 0.15) is 4.90 Å². The van der Waals surface area contributed by atoms with Gasteiger partial charge in [0.25, 0.3) is 0 Å². The number of rotatable bonds is 5. The van der Waals surface area contributed by atoms with Gasteiger partial charge in [0.2, 0.25) is 10.0 Å². The van der Waals surface area contributed by atoms with E-state index in [0.29, 0.717) is 26.1 Å². The molecule has 118 valence electrons. The molecule has 0 radical (unpaired) electrons. The molecular weight excluding hydrogens is 304 g/mol. The first-order valence-corrected chi connectivity index (χ1v) is 8.48. The topological polar surface area (TPSA) is 77.3 Å². The summed E-state index contributed by atoms with van der Waals surface area (Å²) in [6.07, 6.45) is 5.36. The highest BCUT2D eigenvalue weighted by Gasteiger charge is 2.33. The molecule has 0 fully saturated rings. The van der Waals surface area contributed by atoms with Crippen LogP contribution in [0, 0.1) is 0 Å². The van der Waals surface area contributed by atoms with Crippen LogP contribution >= 0.6 is 0 Å². The number of hydrogen-bond donors (Lipinski definition) is 0. The molecule has 1 atom stereocenters. The fourth-order valence-electron chi connectivity index (χ4n) is 2.65. The molecule has 0 spiro atoms. The third-order valence-electron chi connectivity index (χ3n) is 3.78. The number of pyridine rings is 1. The normalized spacial score (nSPS) is 19.0. The molecule has 0 saturated carbocycles. The molecule has 0 unspecified atom stereocenters. The molecule has 0 N–H and O–H groups in total. The highest BCUT2D eigenvalue weighted by Crippen LogP contribution is 2.27. The zero-order valence-electron chi connectivity index (χ0n) is 12.3. The van der Waals surface area contributed by atoms with Crippen LogP contribution in [0.15, 0.2) is 41.7 Å². The molecule has 0 bridgehead atoms. The molecule has 0 aromatic carbocycles. The van der Waals surface area contributed by atoms with E-state index in [-0.39, 0.29) is 10.9 Å². The van der Waals surface area contributed by atoms with E-state index in [4.69, 9.17) is 4.74 Å². The summed E-state index contributed by atoms with van der Waals surface area (Å²) in [6.45, 7) is 1.26. The van der Waals surface area contributed by atoms with E-state index in [1.165, 1.54) is 10.5 Å². The third-order valence-corrected chi connectivity index (χ3v) is 5.57. The molecular formula is C14H18N4O3S. The number of ether oxygens (including phenoxy) is 1. The minimum Gasteiger partial charge on any atom is -0.385 e. The Morgan fingerprint density at radius 1 is 1.36 bits per heavy atom. The Balaban J connectivity index is 1.90. The van der Waals surface area contributed by atoms with Crippen molar-refractivity contribution in [2.45, 2.75) is 23.9 Å². The minimum absolute atomic E-state index is 0.0230. The van der Waals surface area contributed by atoms with Crippen molar-refractivity contribution >= 4 is 10.0 Å². The van der Waals surface area contributed by atoms with Crippen LogP contribution in [0.1, 0.15) is 18.2 Å². The zero-order valence-corrected chi connectivity index (χ0v) is 13.1. The Morgan fingerprint density at radius 2 is 2.23 bits per heavy atom. The first-order valence-electron chi connectivity index (χ1n) is 7.04. The summed E-state index contributed by atoms with van der Waals surface area (Å²) in [5.41, 5.74) is 0.889. The van der Waals surface area contributed by atoms with Crippen LogP contribution < -0.4 is 0 Å². The van der Waals surface area contributed by atoms with Crippen molar-refractivity contribution in [1.82, 2.24) is 19.1 Å². The smallest absolute Gasteiger partial charge is 0.245 e. The van der Waals surface area contributed by atoms with Gasteiger partial charge < -0.3 is 4.74 Å². The van der Waals surface area contributed by atoms with Crippen molar-refractivity contribution in [3.05, 3.63) is 42.5 Å². The summed E-state index contributed by atoms with van der Waals surface area (Å²) in [6, 6.07) is 5.03. The highest BCUT2D eigenvalue weighted by atomic mass is 32.2. The molecule has 3 heterocycles. The van der Waals surface area contributed by atoms with Crippen molar-refractivity contribution in [3.8, 4) is 0 Å². The van der Waals surface area contributed by atoms with Crippen molar-refractivity contribution in [1.29, 1.82) is 0 Å². The molecule has 1 aliphatic rings. The van der Waals surface area contributed by atoms with E-state index >= 15 is 0 Å². The van der Waals surface area contributed by atoms with Gasteiger partial charge in [0.15, 0.2) is 0 Å². The Bertz CT molecular complexity index is 730. The maximum absolute atomic E-state index is 12.8. The summed E-state index contributed by atoms with van der Waals surface area (Å²) < 4.78 is 34.0. The lowest BCUT2D eigenvalue weighted by Gasteiger charge is -2.33. The summed E-state index contributed by atoms with van der Waals surface area (Å²) >= 11 is 0. The summed E-state index contributed by atoms with van der Waals surface area (Å²) in [4.78, 5) is 4.12. The SMILES string of the molecule is COCC[C@H]1CN(S(=O)(=O)c2cccnc2)Cc2ccnn21. The van der Waals surface area contributed by atoms with Crippen molar-refractivity contribution in [3.63, 3.8) is 0 Å². The quantitative estimate of drug-likeness (QED) is 0.822. The van der Waals surface area contributed by atoms with Gasteiger partial charge in [0, 0.05) is 38.9 Å². The first kappa shape index (κ1) is 15.1. The van der Waals surface area contributed by atoms with Gasteiger partial charge in [-0.2, -0.15) is 9.40 Å². The second-order valence-electron chi connectivity index (χ2n) is 5.19. The molecule has 7 nitrogen and oxygen atoms in total. The molecule has 22 heavy (non-hydrogen) atoms. The molecule has 0 saturated heterocycles. The largest absolute Gasteiger partial charge is 0.385 e. The van der Waals surface area contributed by atoms with Gasteiger partial charge in [-0.05, 0) is 24.6 Å². The molecule has 1 aliphatic heterocycles. The molecule has 3 rings (SSSR count). The Labute approximate surface area is 129 Å². The van der Waals surface area contributed by atoms with Gasteiger partial charge in [0.05, 0.1) is 18.3 Å². The van der Waals surface area contributed by atoms with E-state index in [9.17, 15) is 8.42 Å². The molecule has 2 aromatic rings. The van der Waals surface area contributed by atoms with Gasteiger partial charge in [-0.1, -0.05) is 0 Å². The fourth-order valence-corrected chi connectivity index (χ4v) is 4.07. The van der Waals surface area contributed by atoms with Crippen molar-refractivity contribution in [2.24, 2.45) is 0 Å². The van der Waals surface area contributed by atoms with Crippen LogP contribution in [0.3, 0.4) is 0 Å². The van der Waals surface area contributed by atoms with Crippen LogP contribution in [0.25, 0.3) is 0 Å². The third kappa shape index (κ3) is 2.77. The Hall–Kier alpha value is -1.77. The fraction of sp³-hybridized carbons (Fsp3) is 0.429. The van der Waals surface area contributed by atoms with Crippen LogP contribution in [-0.4, -0.2) is 47.7 Å². The number of aromatic nitrogens is 3. The van der Waals surface area contributed by atoms with Gasteiger partial charge in [-0.15, -0.1) is 0 Å². The average Bonchev–Trinajstić information content (AvgIpc) is 3.02. The van der Waals surface area contributed by atoms with Gasteiger partial charge >= 0.3 is 0 Å².